The summed E-state index contributed by atoms with van der Waals surface area (Å²) in [5, 5.41) is 2.04. The Morgan fingerprint density at radius 3 is 2.64 bits per heavy atom. The monoisotopic (exact) mass is 529 g/mol. The third-order valence-corrected chi connectivity index (χ3v) is 8.46. The van der Waals surface area contributed by atoms with Gasteiger partial charge in [0, 0.05) is 18.8 Å². The highest BCUT2D eigenvalue weighted by molar-refractivity contribution is 5.96. The Labute approximate surface area is 225 Å². The number of amides is 1. The summed E-state index contributed by atoms with van der Waals surface area (Å²) < 4.78 is 37.0. The Hall–Kier alpha value is -3.94. The molecule has 0 N–H and O–H groups in total. The molecule has 2 heterocycles. The van der Waals surface area contributed by atoms with Crippen molar-refractivity contribution in [2.75, 3.05) is 24.8 Å². The van der Waals surface area contributed by atoms with Gasteiger partial charge in [-0.25, -0.2) is 8.78 Å². The molecule has 0 bridgehead atoms. The van der Waals surface area contributed by atoms with Gasteiger partial charge in [0.1, 0.15) is 12.2 Å². The van der Waals surface area contributed by atoms with E-state index in [2.05, 4.69) is 6.08 Å². The maximum Gasteiger partial charge on any atom is 0.277 e. The fourth-order valence-electron chi connectivity index (χ4n) is 6.46. The molecule has 6 nitrogen and oxygen atoms in total. The molecular formula is C31H29F2N3O3. The summed E-state index contributed by atoms with van der Waals surface area (Å²) in [6.07, 6.45) is 7.89. The van der Waals surface area contributed by atoms with Crippen LogP contribution in [0.5, 0.6) is 5.75 Å². The molecule has 1 aromatic heterocycles. The molecule has 0 saturated heterocycles. The Morgan fingerprint density at radius 1 is 1.05 bits per heavy atom. The number of pyridine rings is 1. The zero-order chi connectivity index (χ0) is 26.9. The van der Waals surface area contributed by atoms with E-state index >= 15 is 0 Å². The number of rotatable bonds is 7. The van der Waals surface area contributed by atoms with Crippen LogP contribution in [0.25, 0.3) is 6.08 Å². The number of hydrogen-bond acceptors (Lipinski definition) is 4. The van der Waals surface area contributed by atoms with Gasteiger partial charge in [0.2, 0.25) is 5.43 Å². The first-order chi connectivity index (χ1) is 18.9. The van der Waals surface area contributed by atoms with E-state index in [0.717, 1.165) is 42.4 Å². The van der Waals surface area contributed by atoms with Crippen molar-refractivity contribution < 1.29 is 18.3 Å². The van der Waals surface area contributed by atoms with Crippen LogP contribution in [0.1, 0.15) is 65.3 Å². The van der Waals surface area contributed by atoms with Gasteiger partial charge in [0.25, 0.3) is 5.91 Å². The van der Waals surface area contributed by atoms with E-state index in [4.69, 9.17) is 4.74 Å². The van der Waals surface area contributed by atoms with Gasteiger partial charge in [-0.3, -0.25) is 19.3 Å². The van der Waals surface area contributed by atoms with Gasteiger partial charge >= 0.3 is 0 Å². The van der Waals surface area contributed by atoms with Crippen molar-refractivity contribution in [2.24, 2.45) is 5.92 Å². The number of halogens is 2. The summed E-state index contributed by atoms with van der Waals surface area (Å²) in [7, 11) is 0. The number of benzene rings is 2. The maximum atomic E-state index is 14.9. The molecule has 0 spiro atoms. The predicted molar refractivity (Wildman–Crippen MR) is 143 cm³/mol. The molecule has 3 aromatic rings. The lowest BCUT2D eigenvalue weighted by atomic mass is 9.83. The minimum atomic E-state index is -0.979. The molecule has 1 saturated carbocycles. The third-order valence-electron chi connectivity index (χ3n) is 8.46. The number of hydrogen-bond donors (Lipinski definition) is 0. The van der Waals surface area contributed by atoms with Crippen LogP contribution in [-0.4, -0.2) is 35.3 Å². The number of carbonyl (C=O) groups is 1. The number of carbonyl (C=O) groups excluding carboxylic acids is 1. The SMILES string of the molecule is CCCCOc1c2n(ccc1=O)N(C13C(=Cc4ccccc41)Cc1cc(F)c(F)cc13)CN(CC1CC1)C2=O. The highest BCUT2D eigenvalue weighted by Crippen LogP contribution is 2.56. The minimum Gasteiger partial charge on any atom is -0.487 e. The second kappa shape index (κ2) is 8.79. The second-order valence-corrected chi connectivity index (χ2v) is 11.0. The number of unbranched alkanes of at least 4 members (excludes halogenated alkanes) is 1. The number of ether oxygens (including phenoxy) is 1. The average molecular weight is 530 g/mol. The molecule has 1 fully saturated rings. The van der Waals surface area contributed by atoms with E-state index in [1.165, 1.54) is 18.2 Å². The van der Waals surface area contributed by atoms with Gasteiger partial charge in [-0.15, -0.1) is 0 Å². The number of nitrogens with zero attached hydrogens (tertiary/aromatic N) is 3. The summed E-state index contributed by atoms with van der Waals surface area (Å²) in [5.74, 6) is -1.59. The molecule has 200 valence electrons. The summed E-state index contributed by atoms with van der Waals surface area (Å²) in [6.45, 7) is 3.15. The molecule has 1 atom stereocenters. The topological polar surface area (TPSA) is 54.8 Å². The summed E-state index contributed by atoms with van der Waals surface area (Å²) in [5.41, 5.74) is 3.12. The smallest absolute Gasteiger partial charge is 0.277 e. The second-order valence-electron chi connectivity index (χ2n) is 11.0. The van der Waals surface area contributed by atoms with Crippen LogP contribution >= 0.6 is 0 Å². The van der Waals surface area contributed by atoms with E-state index in [0.29, 0.717) is 36.6 Å². The maximum absolute atomic E-state index is 14.9. The van der Waals surface area contributed by atoms with Gasteiger partial charge in [0.05, 0.1) is 6.61 Å². The van der Waals surface area contributed by atoms with Crippen molar-refractivity contribution >= 4 is 12.0 Å². The Balaban J connectivity index is 1.49. The fourth-order valence-corrected chi connectivity index (χ4v) is 6.46. The molecule has 1 aliphatic heterocycles. The lowest BCUT2D eigenvalue weighted by Crippen LogP contribution is -2.62. The van der Waals surface area contributed by atoms with Crippen molar-refractivity contribution in [3.63, 3.8) is 0 Å². The first-order valence-corrected chi connectivity index (χ1v) is 13.7. The highest BCUT2D eigenvalue weighted by atomic mass is 19.2. The largest absolute Gasteiger partial charge is 0.487 e. The van der Waals surface area contributed by atoms with Crippen LogP contribution in [0.15, 0.2) is 59.0 Å². The first kappa shape index (κ1) is 24.1. The van der Waals surface area contributed by atoms with Gasteiger partial charge in [0.15, 0.2) is 23.1 Å². The molecule has 1 unspecified atom stereocenters. The quantitative estimate of drug-likeness (QED) is 0.406. The molecule has 7 rings (SSSR count). The average Bonchev–Trinajstić information content (AvgIpc) is 3.62. The van der Waals surface area contributed by atoms with Crippen molar-refractivity contribution in [2.45, 2.75) is 44.6 Å². The molecule has 1 amide bonds. The van der Waals surface area contributed by atoms with E-state index in [9.17, 15) is 18.4 Å². The standard InChI is InChI=1S/C31H29F2N3O3/c1-2-3-12-39-29-27(37)10-11-35-28(29)30(38)34(17-19-8-9-19)18-36(35)31-22(13-20-6-4-5-7-23(20)31)14-21-15-25(32)26(33)16-24(21)31/h4-7,10-11,13,15-16,19H,2-3,8-9,12,14,17-18H2,1H3. The van der Waals surface area contributed by atoms with Crippen LogP contribution < -0.4 is 15.2 Å². The first-order valence-electron chi connectivity index (χ1n) is 13.7. The lowest BCUT2D eigenvalue weighted by molar-refractivity contribution is 0.0655. The van der Waals surface area contributed by atoms with Crippen LogP contribution in [0.3, 0.4) is 0 Å². The van der Waals surface area contributed by atoms with Crippen LogP contribution in [0.2, 0.25) is 0 Å². The summed E-state index contributed by atoms with van der Waals surface area (Å²) in [6, 6.07) is 11.9. The highest BCUT2D eigenvalue weighted by Gasteiger charge is 2.56. The Morgan fingerprint density at radius 2 is 1.85 bits per heavy atom. The molecule has 8 heteroatoms. The third kappa shape index (κ3) is 3.50. The zero-order valence-electron chi connectivity index (χ0n) is 21.8. The van der Waals surface area contributed by atoms with E-state index in [1.807, 2.05) is 36.2 Å². The van der Waals surface area contributed by atoms with E-state index < -0.39 is 17.2 Å². The van der Waals surface area contributed by atoms with Crippen molar-refractivity contribution in [1.29, 1.82) is 0 Å². The molecular weight excluding hydrogens is 500 g/mol. The zero-order valence-corrected chi connectivity index (χ0v) is 21.8. The summed E-state index contributed by atoms with van der Waals surface area (Å²) in [4.78, 5) is 28.8. The molecule has 4 aliphatic rings. The Bertz CT molecular complexity index is 1610. The molecule has 3 aliphatic carbocycles. The molecule has 39 heavy (non-hydrogen) atoms. The van der Waals surface area contributed by atoms with Gasteiger partial charge in [-0.05, 0) is 71.6 Å². The van der Waals surface area contributed by atoms with E-state index in [1.54, 1.807) is 15.8 Å². The van der Waals surface area contributed by atoms with Gasteiger partial charge in [-0.2, -0.15) is 0 Å². The number of aromatic nitrogens is 1. The van der Waals surface area contributed by atoms with Gasteiger partial charge in [-0.1, -0.05) is 43.7 Å². The van der Waals surface area contributed by atoms with Crippen molar-refractivity contribution in [1.82, 2.24) is 9.58 Å². The van der Waals surface area contributed by atoms with E-state index in [-0.39, 0.29) is 29.4 Å². The normalized spacial score (nSPS) is 20.9. The van der Waals surface area contributed by atoms with Crippen LogP contribution in [0.4, 0.5) is 8.78 Å². The van der Waals surface area contributed by atoms with Crippen LogP contribution in [0, 0.1) is 17.6 Å². The van der Waals surface area contributed by atoms with Crippen LogP contribution in [-0.2, 0) is 12.0 Å². The lowest BCUT2D eigenvalue weighted by Gasteiger charge is -2.49. The van der Waals surface area contributed by atoms with Gasteiger partial charge < -0.3 is 9.64 Å². The summed E-state index contributed by atoms with van der Waals surface area (Å²) >= 11 is 0. The Kier molecular flexibility index (Phi) is 5.44. The molecule has 0 radical (unpaired) electrons. The fraction of sp³-hybridized carbons (Fsp3) is 0.355. The molecule has 2 aromatic carbocycles. The predicted octanol–water partition coefficient (Wildman–Crippen LogP) is 4.96. The van der Waals surface area contributed by atoms with Crippen molar-refractivity contribution in [3.05, 3.63) is 104 Å². The minimum absolute atomic E-state index is 0.0400. The van der Waals surface area contributed by atoms with Crippen molar-refractivity contribution in [3.8, 4) is 5.75 Å². The number of fused-ring (bicyclic) bond motifs is 6.